The summed E-state index contributed by atoms with van der Waals surface area (Å²) in [5.41, 5.74) is 8.85. The molecule has 0 spiro atoms. The van der Waals surface area contributed by atoms with E-state index in [0.29, 0.717) is 11.4 Å². The topological polar surface area (TPSA) is 38.0 Å². The molecule has 0 unspecified atom stereocenters. The van der Waals surface area contributed by atoms with Gasteiger partial charge >= 0.3 is 0 Å². The number of rotatable bonds is 2. The summed E-state index contributed by atoms with van der Waals surface area (Å²) in [6.45, 7) is 2.00. The zero-order valence-electron chi connectivity index (χ0n) is 9.30. The molecular weight excluding hydrogens is 283 g/mol. The molecule has 2 nitrogen and oxygen atoms in total. The van der Waals surface area contributed by atoms with Crippen LogP contribution in [0, 0.1) is 12.7 Å². The van der Waals surface area contributed by atoms with Gasteiger partial charge in [-0.1, -0.05) is 22.0 Å². The lowest BCUT2D eigenvalue weighted by Crippen LogP contribution is -1.97. The van der Waals surface area contributed by atoms with Crippen LogP contribution in [-0.2, 0) is 0 Å². The summed E-state index contributed by atoms with van der Waals surface area (Å²) in [6.07, 6.45) is 0. The van der Waals surface area contributed by atoms with E-state index in [4.69, 9.17) is 5.73 Å². The highest BCUT2D eigenvalue weighted by Crippen LogP contribution is 2.27. The second-order valence-electron chi connectivity index (χ2n) is 3.82. The molecule has 0 aliphatic carbocycles. The first-order valence-electron chi connectivity index (χ1n) is 5.14. The standard InChI is InChI=1S/C13H12BrFN2/c1-8-2-4-10(7-11(8)14)17-13-6-9(15)3-5-12(13)16/h2-7,17H,16H2,1H3. The summed E-state index contributed by atoms with van der Waals surface area (Å²) in [5, 5.41) is 3.09. The van der Waals surface area contributed by atoms with Crippen molar-refractivity contribution < 1.29 is 4.39 Å². The molecule has 0 aliphatic heterocycles. The molecule has 0 aliphatic rings. The molecule has 0 heterocycles. The predicted octanol–water partition coefficient (Wildman–Crippen LogP) is 4.22. The van der Waals surface area contributed by atoms with E-state index in [9.17, 15) is 4.39 Å². The Hall–Kier alpha value is -1.55. The Labute approximate surface area is 108 Å². The number of nitrogen functional groups attached to an aromatic ring is 1. The molecule has 4 heteroatoms. The van der Waals surface area contributed by atoms with E-state index in [1.54, 1.807) is 6.07 Å². The molecule has 2 rings (SSSR count). The van der Waals surface area contributed by atoms with Crippen LogP contribution in [0.5, 0.6) is 0 Å². The summed E-state index contributed by atoms with van der Waals surface area (Å²) >= 11 is 3.45. The fourth-order valence-electron chi connectivity index (χ4n) is 1.46. The summed E-state index contributed by atoms with van der Waals surface area (Å²) in [6, 6.07) is 10.1. The molecule has 0 saturated heterocycles. The highest BCUT2D eigenvalue weighted by molar-refractivity contribution is 9.10. The molecular formula is C13H12BrFN2. The van der Waals surface area contributed by atoms with Gasteiger partial charge < -0.3 is 11.1 Å². The monoisotopic (exact) mass is 294 g/mol. The average Bonchev–Trinajstić information content (AvgIpc) is 2.29. The van der Waals surface area contributed by atoms with Gasteiger partial charge in [0.15, 0.2) is 0 Å². The fraction of sp³-hybridized carbons (Fsp3) is 0.0769. The van der Waals surface area contributed by atoms with Gasteiger partial charge in [-0.25, -0.2) is 4.39 Å². The van der Waals surface area contributed by atoms with Crippen molar-refractivity contribution in [3.63, 3.8) is 0 Å². The van der Waals surface area contributed by atoms with Crippen LogP contribution in [0.4, 0.5) is 21.5 Å². The van der Waals surface area contributed by atoms with Gasteiger partial charge in [0.25, 0.3) is 0 Å². The third kappa shape index (κ3) is 2.77. The van der Waals surface area contributed by atoms with Crippen LogP contribution < -0.4 is 11.1 Å². The molecule has 0 amide bonds. The van der Waals surface area contributed by atoms with Gasteiger partial charge in [0.1, 0.15) is 5.82 Å². The Morgan fingerprint density at radius 3 is 2.65 bits per heavy atom. The van der Waals surface area contributed by atoms with Crippen LogP contribution >= 0.6 is 15.9 Å². The second kappa shape index (κ2) is 4.75. The summed E-state index contributed by atoms with van der Waals surface area (Å²) in [7, 11) is 0. The predicted molar refractivity (Wildman–Crippen MR) is 73.0 cm³/mol. The molecule has 0 saturated carbocycles. The van der Waals surface area contributed by atoms with Crippen molar-refractivity contribution in [1.29, 1.82) is 0 Å². The van der Waals surface area contributed by atoms with Crippen molar-refractivity contribution in [3.05, 3.63) is 52.3 Å². The van der Waals surface area contributed by atoms with E-state index in [1.807, 2.05) is 25.1 Å². The van der Waals surface area contributed by atoms with Crippen molar-refractivity contribution >= 4 is 33.0 Å². The van der Waals surface area contributed by atoms with E-state index >= 15 is 0 Å². The van der Waals surface area contributed by atoms with E-state index < -0.39 is 0 Å². The van der Waals surface area contributed by atoms with E-state index in [0.717, 1.165) is 15.7 Å². The van der Waals surface area contributed by atoms with Crippen LogP contribution in [0.2, 0.25) is 0 Å². The number of hydrogen-bond acceptors (Lipinski definition) is 2. The maximum atomic E-state index is 13.1. The van der Waals surface area contributed by atoms with Gasteiger partial charge in [0.2, 0.25) is 0 Å². The molecule has 3 N–H and O–H groups in total. The van der Waals surface area contributed by atoms with Crippen molar-refractivity contribution in [1.82, 2.24) is 0 Å². The molecule has 0 radical (unpaired) electrons. The summed E-state index contributed by atoms with van der Waals surface area (Å²) < 4.78 is 14.1. The first-order chi connectivity index (χ1) is 8.06. The van der Waals surface area contributed by atoms with Gasteiger partial charge in [0, 0.05) is 10.2 Å². The van der Waals surface area contributed by atoms with Crippen LogP contribution in [0.25, 0.3) is 0 Å². The maximum Gasteiger partial charge on any atom is 0.125 e. The van der Waals surface area contributed by atoms with Crippen LogP contribution in [0.3, 0.4) is 0 Å². The molecule has 88 valence electrons. The van der Waals surface area contributed by atoms with Gasteiger partial charge in [-0.3, -0.25) is 0 Å². The number of nitrogens with two attached hydrogens (primary N) is 1. The lowest BCUT2D eigenvalue weighted by molar-refractivity contribution is 0.628. The number of anilines is 3. The van der Waals surface area contributed by atoms with Crippen molar-refractivity contribution in [3.8, 4) is 0 Å². The average molecular weight is 295 g/mol. The third-order valence-corrected chi connectivity index (χ3v) is 3.32. The SMILES string of the molecule is Cc1ccc(Nc2cc(F)ccc2N)cc1Br. The number of halogens is 2. The third-order valence-electron chi connectivity index (χ3n) is 2.47. The minimum Gasteiger partial charge on any atom is -0.397 e. The van der Waals surface area contributed by atoms with Crippen LogP contribution in [-0.4, -0.2) is 0 Å². The highest BCUT2D eigenvalue weighted by atomic mass is 79.9. The molecule has 0 bridgehead atoms. The zero-order valence-corrected chi connectivity index (χ0v) is 10.9. The lowest BCUT2D eigenvalue weighted by Gasteiger charge is -2.10. The lowest BCUT2D eigenvalue weighted by atomic mass is 10.2. The number of nitrogens with one attached hydrogen (secondary N) is 1. The Morgan fingerprint density at radius 2 is 1.94 bits per heavy atom. The Bertz CT molecular complexity index is 555. The minimum absolute atomic E-state index is 0.312. The van der Waals surface area contributed by atoms with Crippen molar-refractivity contribution in [2.75, 3.05) is 11.1 Å². The van der Waals surface area contributed by atoms with E-state index in [1.165, 1.54) is 12.1 Å². The fourth-order valence-corrected chi connectivity index (χ4v) is 1.84. The zero-order chi connectivity index (χ0) is 12.4. The van der Waals surface area contributed by atoms with Crippen molar-refractivity contribution in [2.24, 2.45) is 0 Å². The van der Waals surface area contributed by atoms with Crippen LogP contribution in [0.15, 0.2) is 40.9 Å². The number of hydrogen-bond donors (Lipinski definition) is 2. The van der Waals surface area contributed by atoms with E-state index in [2.05, 4.69) is 21.2 Å². The van der Waals surface area contributed by atoms with Crippen molar-refractivity contribution in [2.45, 2.75) is 6.92 Å². The largest absolute Gasteiger partial charge is 0.397 e. The van der Waals surface area contributed by atoms with Gasteiger partial charge in [-0.05, 0) is 42.8 Å². The second-order valence-corrected chi connectivity index (χ2v) is 4.67. The summed E-state index contributed by atoms with van der Waals surface area (Å²) in [5.74, 6) is -0.312. The van der Waals surface area contributed by atoms with Gasteiger partial charge in [-0.15, -0.1) is 0 Å². The Kier molecular flexibility index (Phi) is 3.33. The Balaban J connectivity index is 2.31. The van der Waals surface area contributed by atoms with Gasteiger partial charge in [-0.2, -0.15) is 0 Å². The molecule has 0 aromatic heterocycles. The quantitative estimate of drug-likeness (QED) is 0.814. The molecule has 2 aromatic carbocycles. The highest BCUT2D eigenvalue weighted by Gasteiger charge is 2.03. The Morgan fingerprint density at radius 1 is 1.18 bits per heavy atom. The minimum atomic E-state index is -0.312. The number of aryl methyl sites for hydroxylation is 1. The molecule has 2 aromatic rings. The first kappa shape index (κ1) is 11.9. The van der Waals surface area contributed by atoms with Crippen LogP contribution in [0.1, 0.15) is 5.56 Å². The molecule has 0 fully saturated rings. The maximum absolute atomic E-state index is 13.1. The first-order valence-corrected chi connectivity index (χ1v) is 5.94. The smallest absolute Gasteiger partial charge is 0.125 e. The summed E-state index contributed by atoms with van der Waals surface area (Å²) in [4.78, 5) is 0. The molecule has 17 heavy (non-hydrogen) atoms. The molecule has 0 atom stereocenters. The number of benzene rings is 2. The van der Waals surface area contributed by atoms with E-state index in [-0.39, 0.29) is 5.82 Å². The normalized spacial score (nSPS) is 10.3. The van der Waals surface area contributed by atoms with Gasteiger partial charge in [0.05, 0.1) is 11.4 Å².